The van der Waals surface area contributed by atoms with Gasteiger partial charge in [-0.3, -0.25) is 9.59 Å². The SMILES string of the molecule is Cc1ccc(OCC(=O)N[C@@H]2CC[C@@H](C(=O)N3C[C@@H]4C(C(F)(F)F)[C@@H]4C3)OC2)cc1. The number of aryl methyl sites for hydroxylation is 1. The number of piperidine rings is 1. The van der Waals surface area contributed by atoms with Crippen molar-refractivity contribution in [1.82, 2.24) is 10.2 Å². The van der Waals surface area contributed by atoms with E-state index < -0.39 is 30.0 Å². The summed E-state index contributed by atoms with van der Waals surface area (Å²) in [4.78, 5) is 26.1. The van der Waals surface area contributed by atoms with Crippen molar-refractivity contribution >= 4 is 11.8 Å². The molecule has 5 atom stereocenters. The lowest BCUT2D eigenvalue weighted by Crippen LogP contribution is -2.49. The van der Waals surface area contributed by atoms with E-state index in [0.717, 1.165) is 5.56 Å². The maximum atomic E-state index is 12.8. The molecule has 3 fully saturated rings. The van der Waals surface area contributed by atoms with Crippen LogP contribution in [0, 0.1) is 24.7 Å². The van der Waals surface area contributed by atoms with Crippen LogP contribution in [0.2, 0.25) is 0 Å². The van der Waals surface area contributed by atoms with Gasteiger partial charge in [-0.25, -0.2) is 0 Å². The van der Waals surface area contributed by atoms with Gasteiger partial charge in [0.2, 0.25) is 0 Å². The minimum atomic E-state index is -4.17. The number of nitrogens with one attached hydrogen (secondary N) is 1. The van der Waals surface area contributed by atoms with Crippen LogP contribution in [0.25, 0.3) is 0 Å². The van der Waals surface area contributed by atoms with E-state index in [1.54, 1.807) is 12.1 Å². The van der Waals surface area contributed by atoms with Gasteiger partial charge in [0.05, 0.1) is 18.6 Å². The first-order valence-corrected chi connectivity index (χ1v) is 10.2. The molecular weight excluding hydrogens is 401 g/mol. The molecule has 1 saturated carbocycles. The number of hydrogen-bond acceptors (Lipinski definition) is 4. The third-order valence-corrected chi connectivity index (χ3v) is 6.19. The summed E-state index contributed by atoms with van der Waals surface area (Å²) >= 11 is 0. The summed E-state index contributed by atoms with van der Waals surface area (Å²) in [5.41, 5.74) is 1.10. The zero-order chi connectivity index (χ0) is 21.5. The Hall–Kier alpha value is -2.29. The highest BCUT2D eigenvalue weighted by Gasteiger charge is 2.67. The van der Waals surface area contributed by atoms with Crippen molar-refractivity contribution in [2.45, 2.75) is 38.1 Å². The molecule has 0 aromatic heterocycles. The van der Waals surface area contributed by atoms with Gasteiger partial charge >= 0.3 is 6.18 Å². The number of carbonyl (C=O) groups is 2. The number of fused-ring (bicyclic) bond motifs is 1. The molecule has 4 rings (SSSR count). The molecule has 0 radical (unpaired) electrons. The second kappa shape index (κ2) is 8.09. The predicted molar refractivity (Wildman–Crippen MR) is 101 cm³/mol. The Labute approximate surface area is 172 Å². The zero-order valence-corrected chi connectivity index (χ0v) is 16.7. The van der Waals surface area contributed by atoms with Crippen molar-refractivity contribution in [2.75, 3.05) is 26.3 Å². The first-order valence-electron chi connectivity index (χ1n) is 10.2. The van der Waals surface area contributed by atoms with E-state index in [1.165, 1.54) is 4.90 Å². The largest absolute Gasteiger partial charge is 0.484 e. The minimum Gasteiger partial charge on any atom is -0.484 e. The summed E-state index contributed by atoms with van der Waals surface area (Å²) in [6.45, 7) is 2.36. The van der Waals surface area contributed by atoms with Crippen molar-refractivity contribution in [3.63, 3.8) is 0 Å². The van der Waals surface area contributed by atoms with Gasteiger partial charge in [0, 0.05) is 13.1 Å². The molecule has 0 bridgehead atoms. The normalized spacial score (nSPS) is 30.5. The van der Waals surface area contributed by atoms with Gasteiger partial charge in [-0.15, -0.1) is 0 Å². The molecule has 1 unspecified atom stereocenters. The molecule has 9 heteroatoms. The van der Waals surface area contributed by atoms with E-state index in [0.29, 0.717) is 18.6 Å². The van der Waals surface area contributed by atoms with Gasteiger partial charge < -0.3 is 19.7 Å². The van der Waals surface area contributed by atoms with Crippen molar-refractivity contribution in [3.8, 4) is 5.75 Å². The third kappa shape index (κ3) is 4.55. The average Bonchev–Trinajstić information content (AvgIpc) is 3.24. The molecule has 3 aliphatic rings. The number of nitrogens with zero attached hydrogens (tertiary/aromatic N) is 1. The van der Waals surface area contributed by atoms with Crippen LogP contribution in [-0.2, 0) is 14.3 Å². The van der Waals surface area contributed by atoms with Crippen LogP contribution < -0.4 is 10.1 Å². The molecule has 1 N–H and O–H groups in total. The van der Waals surface area contributed by atoms with E-state index in [1.807, 2.05) is 19.1 Å². The van der Waals surface area contributed by atoms with Gasteiger partial charge in [-0.05, 0) is 43.7 Å². The maximum Gasteiger partial charge on any atom is 0.392 e. The number of hydrogen-bond donors (Lipinski definition) is 1. The van der Waals surface area contributed by atoms with Gasteiger partial charge in [0.15, 0.2) is 6.61 Å². The monoisotopic (exact) mass is 426 g/mol. The van der Waals surface area contributed by atoms with Crippen molar-refractivity contribution in [1.29, 1.82) is 0 Å². The number of carbonyl (C=O) groups excluding carboxylic acids is 2. The molecule has 164 valence electrons. The molecule has 0 spiro atoms. The minimum absolute atomic E-state index is 0.112. The Morgan fingerprint density at radius 1 is 1.17 bits per heavy atom. The fourth-order valence-corrected chi connectivity index (χ4v) is 4.51. The van der Waals surface area contributed by atoms with Crippen LogP contribution in [0.3, 0.4) is 0 Å². The highest BCUT2D eigenvalue weighted by molar-refractivity contribution is 5.82. The molecule has 2 saturated heterocycles. The van der Waals surface area contributed by atoms with Crippen molar-refractivity contribution in [3.05, 3.63) is 29.8 Å². The topological polar surface area (TPSA) is 67.9 Å². The van der Waals surface area contributed by atoms with E-state index in [4.69, 9.17) is 9.47 Å². The second-order valence-corrected chi connectivity index (χ2v) is 8.40. The Kier molecular flexibility index (Phi) is 5.65. The molecular formula is C21H25F3N2O4. The summed E-state index contributed by atoms with van der Waals surface area (Å²) in [6.07, 6.45) is -3.82. The quantitative estimate of drug-likeness (QED) is 0.785. The zero-order valence-electron chi connectivity index (χ0n) is 16.7. The fraction of sp³-hybridized carbons (Fsp3) is 0.619. The van der Waals surface area contributed by atoms with Crippen LogP contribution in [0.15, 0.2) is 24.3 Å². The van der Waals surface area contributed by atoms with E-state index in [-0.39, 0.29) is 44.2 Å². The summed E-state index contributed by atoms with van der Waals surface area (Å²) < 4.78 is 49.4. The third-order valence-electron chi connectivity index (χ3n) is 6.19. The summed E-state index contributed by atoms with van der Waals surface area (Å²) in [5, 5.41) is 2.83. The average molecular weight is 426 g/mol. The van der Waals surface area contributed by atoms with Crippen molar-refractivity contribution in [2.24, 2.45) is 17.8 Å². The van der Waals surface area contributed by atoms with Crippen LogP contribution >= 0.6 is 0 Å². The molecule has 6 nitrogen and oxygen atoms in total. The summed E-state index contributed by atoms with van der Waals surface area (Å²) in [7, 11) is 0. The highest BCUT2D eigenvalue weighted by Crippen LogP contribution is 2.59. The molecule has 30 heavy (non-hydrogen) atoms. The first-order chi connectivity index (χ1) is 14.2. The lowest BCUT2D eigenvalue weighted by molar-refractivity contribution is -0.162. The summed E-state index contributed by atoms with van der Waals surface area (Å²) in [6, 6.07) is 7.16. The smallest absolute Gasteiger partial charge is 0.392 e. The van der Waals surface area contributed by atoms with E-state index in [9.17, 15) is 22.8 Å². The number of likely N-dealkylation sites (tertiary alicyclic amines) is 1. The number of halogens is 3. The molecule has 2 aliphatic heterocycles. The number of alkyl halides is 3. The Morgan fingerprint density at radius 3 is 2.40 bits per heavy atom. The fourth-order valence-electron chi connectivity index (χ4n) is 4.51. The lowest BCUT2D eigenvalue weighted by Gasteiger charge is -2.32. The Bertz CT molecular complexity index is 778. The van der Waals surface area contributed by atoms with Crippen LogP contribution in [0.5, 0.6) is 5.75 Å². The van der Waals surface area contributed by atoms with E-state index in [2.05, 4.69) is 5.32 Å². The predicted octanol–water partition coefficient (Wildman–Crippen LogP) is 2.30. The number of amides is 2. The Balaban J connectivity index is 1.16. The van der Waals surface area contributed by atoms with Gasteiger partial charge in [0.25, 0.3) is 11.8 Å². The molecule has 2 heterocycles. The Morgan fingerprint density at radius 2 is 1.83 bits per heavy atom. The van der Waals surface area contributed by atoms with Crippen LogP contribution in [0.1, 0.15) is 18.4 Å². The summed E-state index contributed by atoms with van der Waals surface area (Å²) in [5.74, 6) is -2.08. The van der Waals surface area contributed by atoms with Gasteiger partial charge in [0.1, 0.15) is 11.9 Å². The molecule has 1 aromatic rings. The molecule has 1 aromatic carbocycles. The van der Waals surface area contributed by atoms with Crippen LogP contribution in [0.4, 0.5) is 13.2 Å². The first kappa shape index (κ1) is 21.0. The second-order valence-electron chi connectivity index (χ2n) is 8.40. The van der Waals surface area contributed by atoms with E-state index >= 15 is 0 Å². The standard InChI is InChI=1S/C21H25F3N2O4/c1-12-2-5-14(6-3-12)29-11-18(27)25-13-4-7-17(30-10-13)20(28)26-8-15-16(9-26)19(15)21(22,23)24/h2-3,5-6,13,15-17,19H,4,7-11H2,1H3,(H,25,27)/t13-,15-,16+,17+,19?/m1/s1. The lowest BCUT2D eigenvalue weighted by atomic mass is 10.0. The van der Waals surface area contributed by atoms with Crippen molar-refractivity contribution < 1.29 is 32.2 Å². The number of ether oxygens (including phenoxy) is 2. The number of benzene rings is 1. The van der Waals surface area contributed by atoms with Crippen LogP contribution in [-0.4, -0.2) is 61.3 Å². The molecule has 2 amide bonds. The number of rotatable bonds is 5. The molecule has 1 aliphatic carbocycles. The van der Waals surface area contributed by atoms with Gasteiger partial charge in [-0.2, -0.15) is 13.2 Å². The highest BCUT2D eigenvalue weighted by atomic mass is 19.4. The maximum absolute atomic E-state index is 12.8. The van der Waals surface area contributed by atoms with Gasteiger partial charge in [-0.1, -0.05) is 17.7 Å².